The molecule has 2 rings (SSSR count). The molecule has 0 N–H and O–H groups in total. The largest absolute Gasteiger partial charge is 0.342 e. The van der Waals surface area contributed by atoms with Crippen LogP contribution >= 0.6 is 23.2 Å². The average Bonchev–Trinajstić information content (AvgIpc) is 2.94. The molecule has 0 amide bonds. The molecule has 1 aliphatic rings. The van der Waals surface area contributed by atoms with Crippen molar-refractivity contribution in [1.29, 1.82) is 5.26 Å². The highest BCUT2D eigenvalue weighted by molar-refractivity contribution is 6.45. The third-order valence-corrected chi connectivity index (χ3v) is 2.96. The monoisotopic (exact) mass is 227 g/mol. The second kappa shape index (κ2) is 3.43. The Hall–Kier alpha value is -0.750. The lowest BCUT2D eigenvalue weighted by atomic mass is 9.98. The van der Waals surface area contributed by atoms with E-state index >= 15 is 0 Å². The first-order valence-electron chi connectivity index (χ1n) is 4.13. The van der Waals surface area contributed by atoms with Gasteiger partial charge in [-0.15, -0.1) is 23.2 Å². The minimum atomic E-state index is -0.820. The number of nitrogens with zero attached hydrogens (tertiary/aromatic N) is 1. The summed E-state index contributed by atoms with van der Waals surface area (Å²) in [6.45, 7) is 0. The number of benzene rings is 1. The lowest BCUT2D eigenvalue weighted by molar-refractivity contribution is 0.315. The summed E-state index contributed by atoms with van der Waals surface area (Å²) < 4.78 is 5.28. The molecule has 1 saturated heterocycles. The highest BCUT2D eigenvalue weighted by atomic mass is 35.5. The van der Waals surface area contributed by atoms with Gasteiger partial charge in [-0.25, -0.2) is 0 Å². The Kier molecular flexibility index (Phi) is 2.40. The summed E-state index contributed by atoms with van der Waals surface area (Å²) in [5, 5.41) is 8.76. The molecule has 1 heterocycles. The maximum atomic E-state index is 8.76. The van der Waals surface area contributed by atoms with Crippen molar-refractivity contribution in [2.75, 3.05) is 0 Å². The maximum absolute atomic E-state index is 8.76. The fraction of sp³-hybridized carbons (Fsp3) is 0.300. The lowest BCUT2D eigenvalue weighted by Crippen LogP contribution is -2.20. The van der Waals surface area contributed by atoms with Gasteiger partial charge in [-0.05, 0) is 5.56 Å². The van der Waals surface area contributed by atoms with Crippen LogP contribution in [0.3, 0.4) is 0 Å². The Morgan fingerprint density at radius 1 is 1.36 bits per heavy atom. The van der Waals surface area contributed by atoms with Crippen LogP contribution in [0.25, 0.3) is 0 Å². The minimum Gasteiger partial charge on any atom is -0.342 e. The van der Waals surface area contributed by atoms with E-state index in [2.05, 4.69) is 0 Å². The summed E-state index contributed by atoms with van der Waals surface area (Å²) in [7, 11) is 0. The van der Waals surface area contributed by atoms with Crippen molar-refractivity contribution in [3.8, 4) is 6.07 Å². The van der Waals surface area contributed by atoms with Crippen molar-refractivity contribution in [3.63, 3.8) is 0 Å². The SMILES string of the molecule is N#C[C@H]1O[C@]1(c1ccccc1)C(Cl)Cl. The Labute approximate surface area is 92.0 Å². The molecule has 2 atom stereocenters. The molecular formula is C10H7Cl2NO. The van der Waals surface area contributed by atoms with E-state index in [4.69, 9.17) is 33.2 Å². The smallest absolute Gasteiger partial charge is 0.181 e. The van der Waals surface area contributed by atoms with Gasteiger partial charge < -0.3 is 4.74 Å². The normalized spacial score (nSPS) is 30.0. The van der Waals surface area contributed by atoms with Gasteiger partial charge in [0.05, 0.1) is 6.07 Å². The Morgan fingerprint density at radius 3 is 2.43 bits per heavy atom. The van der Waals surface area contributed by atoms with Crippen molar-refractivity contribution >= 4 is 23.2 Å². The summed E-state index contributed by atoms with van der Waals surface area (Å²) in [6.07, 6.45) is -0.537. The van der Waals surface area contributed by atoms with Gasteiger partial charge in [0.25, 0.3) is 0 Å². The number of hydrogen-bond donors (Lipinski definition) is 0. The zero-order valence-electron chi connectivity index (χ0n) is 7.15. The van der Waals surface area contributed by atoms with Gasteiger partial charge >= 0.3 is 0 Å². The molecule has 4 heteroatoms. The Bertz CT molecular complexity index is 373. The number of alkyl halides is 2. The number of hydrogen-bond acceptors (Lipinski definition) is 2. The fourth-order valence-electron chi connectivity index (χ4n) is 1.49. The summed E-state index contributed by atoms with van der Waals surface area (Å²) in [5.74, 6) is 0. The molecule has 0 aromatic heterocycles. The van der Waals surface area contributed by atoms with E-state index in [0.29, 0.717) is 0 Å². The van der Waals surface area contributed by atoms with Crippen LogP contribution in [-0.4, -0.2) is 10.9 Å². The van der Waals surface area contributed by atoms with E-state index in [0.717, 1.165) is 5.56 Å². The summed E-state index contributed by atoms with van der Waals surface area (Å²) >= 11 is 11.7. The maximum Gasteiger partial charge on any atom is 0.181 e. The van der Waals surface area contributed by atoms with Gasteiger partial charge in [-0.2, -0.15) is 5.26 Å². The number of rotatable bonds is 2. The number of epoxide rings is 1. The van der Waals surface area contributed by atoms with E-state index in [1.54, 1.807) is 0 Å². The molecule has 72 valence electrons. The summed E-state index contributed by atoms with van der Waals surface area (Å²) in [4.78, 5) is -0.727. The number of nitriles is 1. The molecular weight excluding hydrogens is 221 g/mol. The van der Waals surface area contributed by atoms with Crippen LogP contribution in [0.5, 0.6) is 0 Å². The van der Waals surface area contributed by atoms with Gasteiger partial charge in [0.15, 0.2) is 11.7 Å². The minimum absolute atomic E-state index is 0.537. The van der Waals surface area contributed by atoms with E-state index in [9.17, 15) is 0 Å². The molecule has 0 spiro atoms. The highest BCUT2D eigenvalue weighted by Gasteiger charge is 2.63. The zero-order chi connectivity index (χ0) is 10.2. The van der Waals surface area contributed by atoms with Crippen LogP contribution in [0, 0.1) is 11.3 Å². The van der Waals surface area contributed by atoms with Crippen molar-refractivity contribution < 1.29 is 4.74 Å². The third-order valence-electron chi connectivity index (χ3n) is 2.31. The zero-order valence-corrected chi connectivity index (χ0v) is 8.66. The fourth-order valence-corrected chi connectivity index (χ4v) is 2.08. The molecule has 1 aromatic rings. The van der Waals surface area contributed by atoms with Gasteiger partial charge in [0, 0.05) is 0 Å². The van der Waals surface area contributed by atoms with Crippen LogP contribution in [0.2, 0.25) is 0 Å². The number of halogens is 2. The second-order valence-corrected chi connectivity index (χ2v) is 4.18. The van der Waals surface area contributed by atoms with E-state index in [1.807, 2.05) is 36.4 Å². The van der Waals surface area contributed by atoms with E-state index in [1.165, 1.54) is 0 Å². The van der Waals surface area contributed by atoms with Crippen LogP contribution in [0.1, 0.15) is 5.56 Å². The summed E-state index contributed by atoms with van der Waals surface area (Å²) in [6, 6.07) is 11.3. The van der Waals surface area contributed by atoms with Gasteiger partial charge in [-0.1, -0.05) is 30.3 Å². The standard InChI is InChI=1S/C10H7Cl2NO/c11-9(12)10(8(6-13)14-10)7-4-2-1-3-5-7/h1-5,8-9H/t8-,10+/m1/s1. The third kappa shape index (κ3) is 1.29. The molecule has 0 bridgehead atoms. The predicted molar refractivity (Wildman–Crippen MR) is 54.1 cm³/mol. The molecule has 2 nitrogen and oxygen atoms in total. The Balaban J connectivity index is 2.37. The second-order valence-electron chi connectivity index (χ2n) is 3.09. The molecule has 1 aliphatic heterocycles. The summed E-state index contributed by atoms with van der Waals surface area (Å²) in [5.41, 5.74) is 0.0283. The molecule has 0 saturated carbocycles. The van der Waals surface area contributed by atoms with Gasteiger partial charge in [0.2, 0.25) is 0 Å². The molecule has 14 heavy (non-hydrogen) atoms. The highest BCUT2D eigenvalue weighted by Crippen LogP contribution is 2.52. The van der Waals surface area contributed by atoms with Crippen molar-refractivity contribution in [3.05, 3.63) is 35.9 Å². The van der Waals surface area contributed by atoms with Gasteiger partial charge in [0.1, 0.15) is 4.84 Å². The molecule has 0 unspecified atom stereocenters. The first kappa shape index (κ1) is 9.79. The first-order chi connectivity index (χ1) is 6.71. The molecule has 1 aromatic carbocycles. The predicted octanol–water partition coefficient (Wildman–Crippen LogP) is 2.61. The van der Waals surface area contributed by atoms with E-state index in [-0.39, 0.29) is 0 Å². The van der Waals surface area contributed by atoms with Crippen LogP contribution in [0.15, 0.2) is 30.3 Å². The van der Waals surface area contributed by atoms with E-state index < -0.39 is 16.5 Å². The number of ether oxygens (including phenoxy) is 1. The first-order valence-corrected chi connectivity index (χ1v) is 5.00. The van der Waals surface area contributed by atoms with Gasteiger partial charge in [-0.3, -0.25) is 0 Å². The Morgan fingerprint density at radius 2 is 2.00 bits per heavy atom. The van der Waals surface area contributed by atoms with Crippen LogP contribution in [0.4, 0.5) is 0 Å². The quantitative estimate of drug-likeness (QED) is 0.576. The van der Waals surface area contributed by atoms with Crippen LogP contribution < -0.4 is 0 Å². The topological polar surface area (TPSA) is 36.3 Å². The molecule has 1 fully saturated rings. The lowest BCUT2D eigenvalue weighted by Gasteiger charge is -2.12. The molecule has 0 aliphatic carbocycles. The van der Waals surface area contributed by atoms with Crippen molar-refractivity contribution in [2.45, 2.75) is 16.5 Å². The average molecular weight is 228 g/mol. The van der Waals surface area contributed by atoms with Crippen molar-refractivity contribution in [1.82, 2.24) is 0 Å². The molecule has 0 radical (unpaired) electrons. The van der Waals surface area contributed by atoms with Crippen LogP contribution in [-0.2, 0) is 10.3 Å². The van der Waals surface area contributed by atoms with Crippen molar-refractivity contribution in [2.24, 2.45) is 0 Å².